The molecule has 0 N–H and O–H groups in total. The Labute approximate surface area is 155 Å². The first-order valence-electron chi connectivity index (χ1n) is 8.40. The van der Waals surface area contributed by atoms with Crippen LogP contribution in [0.15, 0.2) is 30.6 Å². The first-order chi connectivity index (χ1) is 12.8. The molecule has 1 aromatic carbocycles. The number of hydrogen-bond donors (Lipinski definition) is 0. The third kappa shape index (κ3) is 4.05. The van der Waals surface area contributed by atoms with Crippen LogP contribution >= 0.6 is 0 Å². The number of piperazine rings is 1. The van der Waals surface area contributed by atoms with Crippen LogP contribution in [0.4, 0.5) is 30.5 Å². The van der Waals surface area contributed by atoms with Crippen LogP contribution < -0.4 is 14.7 Å². The SMILES string of the molecule is CN(C)c1cc(N2CCN(c3ccc(C#N)cc3C(F)(F)F)CC2)ncn1. The molecule has 0 unspecified atom stereocenters. The van der Waals surface area contributed by atoms with Gasteiger partial charge in [0.25, 0.3) is 0 Å². The number of halogens is 3. The van der Waals surface area contributed by atoms with Crippen LogP contribution in [0, 0.1) is 11.3 Å². The minimum Gasteiger partial charge on any atom is -0.367 e. The van der Waals surface area contributed by atoms with Crippen molar-refractivity contribution in [2.24, 2.45) is 0 Å². The molecule has 1 fully saturated rings. The van der Waals surface area contributed by atoms with E-state index in [1.54, 1.807) is 11.0 Å². The number of hydrogen-bond acceptors (Lipinski definition) is 6. The summed E-state index contributed by atoms with van der Waals surface area (Å²) in [6, 6.07) is 7.34. The van der Waals surface area contributed by atoms with Crippen LogP contribution in [0.1, 0.15) is 11.1 Å². The third-order valence-corrected chi connectivity index (χ3v) is 4.47. The number of aromatic nitrogens is 2. The number of alkyl halides is 3. The Morgan fingerprint density at radius 2 is 1.70 bits per heavy atom. The van der Waals surface area contributed by atoms with E-state index in [2.05, 4.69) is 9.97 Å². The molecule has 9 heteroatoms. The molecule has 1 aromatic heterocycles. The Bertz CT molecular complexity index is 851. The Balaban J connectivity index is 1.78. The van der Waals surface area contributed by atoms with E-state index in [1.807, 2.05) is 30.0 Å². The van der Waals surface area contributed by atoms with Gasteiger partial charge in [-0.15, -0.1) is 0 Å². The summed E-state index contributed by atoms with van der Waals surface area (Å²) >= 11 is 0. The molecule has 0 saturated carbocycles. The van der Waals surface area contributed by atoms with E-state index >= 15 is 0 Å². The van der Waals surface area contributed by atoms with Gasteiger partial charge in [0, 0.05) is 52.0 Å². The van der Waals surface area contributed by atoms with E-state index in [9.17, 15) is 13.2 Å². The van der Waals surface area contributed by atoms with Gasteiger partial charge < -0.3 is 14.7 Å². The van der Waals surface area contributed by atoms with Gasteiger partial charge in [-0.3, -0.25) is 0 Å². The van der Waals surface area contributed by atoms with Gasteiger partial charge >= 0.3 is 6.18 Å². The predicted molar refractivity (Wildman–Crippen MR) is 96.9 cm³/mol. The summed E-state index contributed by atoms with van der Waals surface area (Å²) in [5.41, 5.74) is -0.661. The maximum Gasteiger partial charge on any atom is 0.418 e. The Morgan fingerprint density at radius 3 is 2.30 bits per heavy atom. The zero-order valence-corrected chi connectivity index (χ0v) is 15.0. The number of nitrogens with zero attached hydrogens (tertiary/aromatic N) is 6. The molecule has 142 valence electrons. The molecule has 6 nitrogen and oxygen atoms in total. The number of nitriles is 1. The molecular formula is C18H19F3N6. The minimum absolute atomic E-state index is 0.00177. The third-order valence-electron chi connectivity index (χ3n) is 4.47. The summed E-state index contributed by atoms with van der Waals surface area (Å²) in [4.78, 5) is 14.1. The molecule has 1 saturated heterocycles. The Kier molecular flexibility index (Phi) is 5.08. The molecule has 0 bridgehead atoms. The van der Waals surface area contributed by atoms with Gasteiger partial charge in [0.1, 0.15) is 18.0 Å². The smallest absolute Gasteiger partial charge is 0.367 e. The highest BCUT2D eigenvalue weighted by atomic mass is 19.4. The highest BCUT2D eigenvalue weighted by molar-refractivity contribution is 5.59. The quantitative estimate of drug-likeness (QED) is 0.821. The van der Waals surface area contributed by atoms with Gasteiger partial charge in [-0.25, -0.2) is 9.97 Å². The fourth-order valence-corrected chi connectivity index (χ4v) is 3.04. The van der Waals surface area contributed by atoms with Crippen molar-refractivity contribution in [2.75, 3.05) is 55.0 Å². The second kappa shape index (κ2) is 7.31. The lowest BCUT2D eigenvalue weighted by Crippen LogP contribution is -2.47. The highest BCUT2D eigenvalue weighted by Crippen LogP contribution is 2.37. The zero-order chi connectivity index (χ0) is 19.6. The summed E-state index contributed by atoms with van der Waals surface area (Å²) in [6.07, 6.45) is -3.02. The van der Waals surface area contributed by atoms with Crippen LogP contribution in [0.25, 0.3) is 0 Å². The van der Waals surface area contributed by atoms with Crippen LogP contribution in [0.5, 0.6) is 0 Å². The van der Waals surface area contributed by atoms with E-state index in [1.165, 1.54) is 18.5 Å². The summed E-state index contributed by atoms with van der Waals surface area (Å²) < 4.78 is 40.2. The zero-order valence-electron chi connectivity index (χ0n) is 15.0. The highest BCUT2D eigenvalue weighted by Gasteiger charge is 2.36. The van der Waals surface area contributed by atoms with Crippen molar-refractivity contribution < 1.29 is 13.2 Å². The average Bonchev–Trinajstić information content (AvgIpc) is 2.67. The molecule has 0 atom stereocenters. The van der Waals surface area contributed by atoms with Crippen molar-refractivity contribution in [3.63, 3.8) is 0 Å². The Morgan fingerprint density at radius 1 is 1.04 bits per heavy atom. The van der Waals surface area contributed by atoms with Gasteiger partial charge in [-0.2, -0.15) is 18.4 Å². The monoisotopic (exact) mass is 376 g/mol. The van der Waals surface area contributed by atoms with Gasteiger partial charge in [-0.1, -0.05) is 0 Å². The van der Waals surface area contributed by atoms with E-state index in [0.29, 0.717) is 26.2 Å². The van der Waals surface area contributed by atoms with Gasteiger partial charge in [0.2, 0.25) is 0 Å². The first-order valence-corrected chi connectivity index (χ1v) is 8.40. The summed E-state index contributed by atoms with van der Waals surface area (Å²) in [6.45, 7) is 1.94. The number of benzene rings is 1. The van der Waals surface area contributed by atoms with Crippen LogP contribution in [-0.2, 0) is 6.18 Å². The van der Waals surface area contributed by atoms with Crippen molar-refractivity contribution in [1.82, 2.24) is 9.97 Å². The van der Waals surface area contributed by atoms with Crippen molar-refractivity contribution in [3.05, 3.63) is 41.7 Å². The van der Waals surface area contributed by atoms with E-state index in [0.717, 1.165) is 17.7 Å². The molecule has 1 aliphatic rings. The molecule has 2 aromatic rings. The van der Waals surface area contributed by atoms with E-state index < -0.39 is 11.7 Å². The number of rotatable bonds is 3. The van der Waals surface area contributed by atoms with Crippen LogP contribution in [0.3, 0.4) is 0 Å². The van der Waals surface area contributed by atoms with Crippen molar-refractivity contribution >= 4 is 17.3 Å². The lowest BCUT2D eigenvalue weighted by Gasteiger charge is -2.37. The minimum atomic E-state index is -4.51. The van der Waals surface area contributed by atoms with E-state index in [-0.39, 0.29) is 11.3 Å². The molecule has 2 heterocycles. The molecule has 27 heavy (non-hydrogen) atoms. The van der Waals surface area contributed by atoms with Gasteiger partial charge in [0.15, 0.2) is 0 Å². The number of anilines is 3. The van der Waals surface area contributed by atoms with Gasteiger partial charge in [-0.05, 0) is 18.2 Å². The lowest BCUT2D eigenvalue weighted by molar-refractivity contribution is -0.137. The van der Waals surface area contributed by atoms with Gasteiger partial charge in [0.05, 0.1) is 17.2 Å². The lowest BCUT2D eigenvalue weighted by atomic mass is 10.1. The fourth-order valence-electron chi connectivity index (χ4n) is 3.04. The standard InChI is InChI=1S/C18H19F3N6/c1-25(2)16-10-17(24-12-23-16)27-7-5-26(6-8-27)15-4-3-13(11-22)9-14(15)18(19,20)21/h3-4,9-10,12H,5-8H2,1-2H3. The fraction of sp³-hybridized carbons (Fsp3) is 0.389. The molecule has 3 rings (SSSR count). The normalized spacial score (nSPS) is 14.8. The first kappa shape index (κ1) is 18.8. The molecular weight excluding hydrogens is 357 g/mol. The van der Waals surface area contributed by atoms with Crippen molar-refractivity contribution in [1.29, 1.82) is 5.26 Å². The summed E-state index contributed by atoms with van der Waals surface area (Å²) in [5.74, 6) is 1.53. The summed E-state index contributed by atoms with van der Waals surface area (Å²) in [5, 5.41) is 8.90. The molecule has 0 amide bonds. The second-order valence-electron chi connectivity index (χ2n) is 6.44. The van der Waals surface area contributed by atoms with Crippen LogP contribution in [-0.4, -0.2) is 50.2 Å². The Hall–Kier alpha value is -3.02. The topological polar surface area (TPSA) is 59.3 Å². The molecule has 0 spiro atoms. The average molecular weight is 376 g/mol. The predicted octanol–water partition coefficient (Wildman–Crippen LogP) is 2.76. The summed E-state index contributed by atoms with van der Waals surface area (Å²) in [7, 11) is 3.77. The van der Waals surface area contributed by atoms with Crippen molar-refractivity contribution in [2.45, 2.75) is 6.18 Å². The molecule has 0 radical (unpaired) electrons. The largest absolute Gasteiger partial charge is 0.418 e. The maximum atomic E-state index is 13.4. The second-order valence-corrected chi connectivity index (χ2v) is 6.44. The van der Waals surface area contributed by atoms with Crippen molar-refractivity contribution in [3.8, 4) is 6.07 Å². The molecule has 1 aliphatic heterocycles. The van der Waals surface area contributed by atoms with Crippen LogP contribution in [0.2, 0.25) is 0 Å². The molecule has 0 aliphatic carbocycles. The maximum absolute atomic E-state index is 13.4. The van der Waals surface area contributed by atoms with E-state index in [4.69, 9.17) is 5.26 Å².